The molecule has 0 bridgehead atoms. The molecule has 156 valence electrons. The first-order valence-corrected chi connectivity index (χ1v) is 10.7. The average molecular weight is 425 g/mol. The zero-order valence-electron chi connectivity index (χ0n) is 16.7. The number of hydrogen-bond donors (Lipinski definition) is 2. The number of likely N-dealkylation sites (tertiary alicyclic amines) is 1. The van der Waals surface area contributed by atoms with E-state index in [2.05, 4.69) is 20.3 Å². The van der Waals surface area contributed by atoms with E-state index in [1.54, 1.807) is 16.3 Å². The minimum absolute atomic E-state index is 0.0125. The number of hydrogen-bond acceptors (Lipinski definition) is 6. The molecule has 3 N–H and O–H groups in total. The van der Waals surface area contributed by atoms with E-state index < -0.39 is 0 Å². The highest BCUT2D eigenvalue weighted by Gasteiger charge is 2.23. The molecule has 1 saturated heterocycles. The molecular weight excluding hydrogens is 400 g/mol. The maximum Gasteiger partial charge on any atom is 0.275 e. The molecule has 3 heterocycles. The maximum absolute atomic E-state index is 12.6. The zero-order valence-corrected chi connectivity index (χ0v) is 17.6. The monoisotopic (exact) mass is 424 g/mol. The Morgan fingerprint density at radius 2 is 2.10 bits per heavy atom. The molecule has 1 aliphatic heterocycles. The predicted octanol–water partition coefficient (Wildman–Crippen LogP) is 2.49. The highest BCUT2D eigenvalue weighted by atomic mass is 32.1. The predicted molar refractivity (Wildman–Crippen MR) is 116 cm³/mol. The van der Waals surface area contributed by atoms with Gasteiger partial charge in [-0.25, -0.2) is 4.98 Å². The van der Waals surface area contributed by atoms with Gasteiger partial charge >= 0.3 is 0 Å². The highest BCUT2D eigenvalue weighted by molar-refractivity contribution is 7.13. The van der Waals surface area contributed by atoms with Crippen molar-refractivity contribution in [3.63, 3.8) is 0 Å². The number of nitrogens with one attached hydrogen (secondary N) is 1. The molecule has 9 heteroatoms. The normalized spacial score (nSPS) is 15.2. The van der Waals surface area contributed by atoms with E-state index in [1.807, 2.05) is 37.5 Å². The van der Waals surface area contributed by atoms with Gasteiger partial charge in [-0.2, -0.15) is 5.10 Å². The molecule has 1 aliphatic rings. The Balaban J connectivity index is 1.37. The minimum Gasteiger partial charge on any atom is -0.369 e. The van der Waals surface area contributed by atoms with Crippen molar-refractivity contribution in [3.05, 3.63) is 53.3 Å². The van der Waals surface area contributed by atoms with Crippen LogP contribution in [0.25, 0.3) is 10.6 Å². The topological polar surface area (TPSA) is 106 Å². The highest BCUT2D eigenvalue weighted by Crippen LogP contribution is 2.24. The standard InChI is InChI=1S/C21H24N6O2S/c1-26-12-16(10-23-26)21-25-18(13-30-21)20(29)24-17-4-2-3-14(9-17)11-27-7-5-15(6-8-27)19(22)28/h2-4,9-10,12-13,15H,5-8,11H2,1H3,(H2,22,28)(H,24,29). The van der Waals surface area contributed by atoms with Crippen molar-refractivity contribution < 1.29 is 9.59 Å². The summed E-state index contributed by atoms with van der Waals surface area (Å²) in [4.78, 5) is 30.7. The van der Waals surface area contributed by atoms with Gasteiger partial charge in [0.15, 0.2) is 0 Å². The fourth-order valence-corrected chi connectivity index (χ4v) is 4.39. The number of carbonyl (C=O) groups excluding carboxylic acids is 2. The summed E-state index contributed by atoms with van der Waals surface area (Å²) in [5, 5.41) is 9.59. The number of anilines is 1. The Morgan fingerprint density at radius 3 is 2.80 bits per heavy atom. The number of benzene rings is 1. The van der Waals surface area contributed by atoms with E-state index in [1.165, 1.54) is 11.3 Å². The third-order valence-corrected chi connectivity index (χ3v) is 6.16. The first kappa shape index (κ1) is 20.2. The SMILES string of the molecule is Cn1cc(-c2nc(C(=O)Nc3cccc(CN4CCC(C(N)=O)CC4)c3)cs2)cn1. The average Bonchev–Trinajstić information content (AvgIpc) is 3.38. The Labute approximate surface area is 178 Å². The van der Waals surface area contributed by atoms with E-state index >= 15 is 0 Å². The number of primary amides is 1. The largest absolute Gasteiger partial charge is 0.369 e. The van der Waals surface area contributed by atoms with Crippen LogP contribution in [0.2, 0.25) is 0 Å². The summed E-state index contributed by atoms with van der Waals surface area (Å²) in [5.41, 5.74) is 8.54. The van der Waals surface area contributed by atoms with Crippen molar-refractivity contribution >= 4 is 28.8 Å². The number of nitrogens with two attached hydrogens (primary N) is 1. The van der Waals surface area contributed by atoms with Gasteiger partial charge in [0.25, 0.3) is 5.91 Å². The molecule has 1 fully saturated rings. The quantitative estimate of drug-likeness (QED) is 0.632. The van der Waals surface area contributed by atoms with Crippen LogP contribution in [-0.4, -0.2) is 44.6 Å². The van der Waals surface area contributed by atoms with Crippen LogP contribution in [0.4, 0.5) is 5.69 Å². The number of aryl methyl sites for hydroxylation is 1. The first-order valence-electron chi connectivity index (χ1n) is 9.84. The zero-order chi connectivity index (χ0) is 21.1. The first-order chi connectivity index (χ1) is 14.5. The maximum atomic E-state index is 12.6. The molecule has 4 rings (SSSR count). The van der Waals surface area contributed by atoms with E-state index in [-0.39, 0.29) is 17.7 Å². The van der Waals surface area contributed by atoms with Gasteiger partial charge in [0.2, 0.25) is 5.91 Å². The van der Waals surface area contributed by atoms with Gasteiger partial charge in [-0.05, 0) is 43.6 Å². The number of rotatable bonds is 6. The van der Waals surface area contributed by atoms with Gasteiger partial charge in [0.1, 0.15) is 10.7 Å². The van der Waals surface area contributed by atoms with Crippen LogP contribution in [0.1, 0.15) is 28.9 Å². The number of piperidine rings is 1. The van der Waals surface area contributed by atoms with Crippen molar-refractivity contribution in [2.45, 2.75) is 19.4 Å². The molecule has 0 unspecified atom stereocenters. The van der Waals surface area contributed by atoms with Gasteiger partial charge in [0.05, 0.1) is 6.20 Å². The fourth-order valence-electron chi connectivity index (χ4n) is 3.62. The summed E-state index contributed by atoms with van der Waals surface area (Å²) in [5.74, 6) is -0.449. The molecule has 3 aromatic rings. The Kier molecular flexibility index (Phi) is 5.91. The molecule has 30 heavy (non-hydrogen) atoms. The molecule has 0 saturated carbocycles. The summed E-state index contributed by atoms with van der Waals surface area (Å²) < 4.78 is 1.71. The Bertz CT molecular complexity index is 1050. The molecule has 2 amide bonds. The van der Waals surface area contributed by atoms with Gasteiger partial charge in [0, 0.05) is 42.3 Å². The third kappa shape index (κ3) is 4.74. The summed E-state index contributed by atoms with van der Waals surface area (Å²) in [6, 6.07) is 7.82. The van der Waals surface area contributed by atoms with Crippen LogP contribution < -0.4 is 11.1 Å². The molecule has 2 aromatic heterocycles. The van der Waals surface area contributed by atoms with Crippen molar-refractivity contribution in [1.82, 2.24) is 19.7 Å². The van der Waals surface area contributed by atoms with Gasteiger partial charge in [-0.15, -0.1) is 11.3 Å². The van der Waals surface area contributed by atoms with Crippen molar-refractivity contribution in [2.24, 2.45) is 18.7 Å². The molecule has 8 nitrogen and oxygen atoms in total. The summed E-state index contributed by atoms with van der Waals surface area (Å²) in [7, 11) is 1.84. The second-order valence-electron chi connectivity index (χ2n) is 7.55. The number of amides is 2. The molecule has 0 atom stereocenters. The number of thiazole rings is 1. The summed E-state index contributed by atoms with van der Waals surface area (Å²) in [6.45, 7) is 2.47. The lowest BCUT2D eigenvalue weighted by atomic mass is 9.96. The van der Waals surface area contributed by atoms with Crippen molar-refractivity contribution in [2.75, 3.05) is 18.4 Å². The smallest absolute Gasteiger partial charge is 0.275 e. The van der Waals surface area contributed by atoms with Crippen LogP contribution in [0.3, 0.4) is 0 Å². The molecule has 0 aliphatic carbocycles. The van der Waals surface area contributed by atoms with E-state index in [0.717, 1.165) is 54.3 Å². The summed E-state index contributed by atoms with van der Waals surface area (Å²) >= 11 is 1.42. The number of nitrogens with zero attached hydrogens (tertiary/aromatic N) is 4. The third-order valence-electron chi connectivity index (χ3n) is 5.27. The van der Waals surface area contributed by atoms with E-state index in [9.17, 15) is 9.59 Å². The Hall–Kier alpha value is -3.04. The van der Waals surface area contributed by atoms with Gasteiger partial charge < -0.3 is 11.1 Å². The van der Waals surface area contributed by atoms with Crippen LogP contribution >= 0.6 is 11.3 Å². The Morgan fingerprint density at radius 1 is 1.30 bits per heavy atom. The molecule has 1 aromatic carbocycles. The lowest BCUT2D eigenvalue weighted by Gasteiger charge is -2.30. The van der Waals surface area contributed by atoms with Gasteiger partial charge in [-0.3, -0.25) is 19.2 Å². The minimum atomic E-state index is -0.235. The van der Waals surface area contributed by atoms with Crippen molar-refractivity contribution in [3.8, 4) is 10.6 Å². The summed E-state index contributed by atoms with van der Waals surface area (Å²) in [6.07, 6.45) is 5.20. The van der Waals surface area contributed by atoms with Crippen LogP contribution in [0, 0.1) is 5.92 Å². The van der Waals surface area contributed by atoms with E-state index in [4.69, 9.17) is 5.73 Å². The second-order valence-corrected chi connectivity index (χ2v) is 8.41. The number of aromatic nitrogens is 3. The molecule has 0 spiro atoms. The fraction of sp³-hybridized carbons (Fsp3) is 0.333. The lowest BCUT2D eigenvalue weighted by molar-refractivity contribution is -0.123. The van der Waals surface area contributed by atoms with E-state index in [0.29, 0.717) is 5.69 Å². The van der Waals surface area contributed by atoms with Gasteiger partial charge in [-0.1, -0.05) is 12.1 Å². The van der Waals surface area contributed by atoms with Crippen LogP contribution in [-0.2, 0) is 18.4 Å². The molecular formula is C21H24N6O2S. The molecule has 0 radical (unpaired) electrons. The number of carbonyl (C=O) groups is 2. The van der Waals surface area contributed by atoms with Crippen LogP contribution in [0.5, 0.6) is 0 Å². The van der Waals surface area contributed by atoms with Crippen molar-refractivity contribution in [1.29, 1.82) is 0 Å². The van der Waals surface area contributed by atoms with Crippen LogP contribution in [0.15, 0.2) is 42.0 Å². The lowest BCUT2D eigenvalue weighted by Crippen LogP contribution is -2.38. The second kappa shape index (κ2) is 8.76.